The Morgan fingerprint density at radius 1 is 1.44 bits per heavy atom. The summed E-state index contributed by atoms with van der Waals surface area (Å²) >= 11 is 0. The molecule has 0 bridgehead atoms. The predicted octanol–water partition coefficient (Wildman–Crippen LogP) is 0.111. The molecule has 1 fully saturated rings. The lowest BCUT2D eigenvalue weighted by Crippen LogP contribution is -2.47. The van der Waals surface area contributed by atoms with E-state index in [4.69, 9.17) is 10.5 Å². The molecule has 1 unspecified atom stereocenters. The average molecular weight is 276 g/mol. The lowest BCUT2D eigenvalue weighted by Gasteiger charge is -2.28. The van der Waals surface area contributed by atoms with Gasteiger partial charge in [-0.15, -0.1) is 0 Å². The van der Waals surface area contributed by atoms with Crippen molar-refractivity contribution >= 4 is 16.8 Å². The molecule has 0 aromatic rings. The van der Waals surface area contributed by atoms with Gasteiger partial charge in [0.15, 0.2) is 0 Å². The molecule has 0 aliphatic carbocycles. The van der Waals surface area contributed by atoms with Crippen LogP contribution < -0.4 is 5.73 Å². The minimum Gasteiger partial charge on any atom is -0.465 e. The molecule has 0 aromatic carbocycles. The molecule has 0 spiro atoms. The number of nitrogens with two attached hydrogens (primary N) is 1. The summed E-state index contributed by atoms with van der Waals surface area (Å²) in [6.07, 6.45) is 1.48. The van der Waals surface area contributed by atoms with Crippen LogP contribution in [0.5, 0.6) is 0 Å². The maximum atomic E-state index is 11.6. The fourth-order valence-corrected chi connectivity index (χ4v) is 3.10. The molecule has 1 aliphatic heterocycles. The molecule has 5 nitrogen and oxygen atoms in total. The van der Waals surface area contributed by atoms with E-state index in [-0.39, 0.29) is 5.97 Å². The van der Waals surface area contributed by atoms with Crippen LogP contribution in [0.25, 0.3) is 0 Å². The van der Waals surface area contributed by atoms with E-state index >= 15 is 0 Å². The summed E-state index contributed by atoms with van der Waals surface area (Å²) < 4.78 is 16.2. The number of ether oxygens (including phenoxy) is 1. The second kappa shape index (κ2) is 7.21. The summed E-state index contributed by atoms with van der Waals surface area (Å²) in [4.78, 5) is 13.9. The molecule has 0 amide bonds. The second-order valence-corrected chi connectivity index (χ2v) is 6.63. The van der Waals surface area contributed by atoms with Crippen LogP contribution in [0.1, 0.15) is 26.7 Å². The minimum absolute atomic E-state index is 0.329. The molecule has 1 rings (SSSR count). The summed E-state index contributed by atoms with van der Waals surface area (Å²) in [6, 6.07) is 0. The van der Waals surface area contributed by atoms with Crippen molar-refractivity contribution in [3.05, 3.63) is 0 Å². The zero-order valence-corrected chi connectivity index (χ0v) is 12.1. The standard InChI is InChI=1S/C12H24N2O3S/c1-3-17-11(15)12(2,13)5-4-6-14-7-9-18(16)10-8-14/h3-10,13H2,1-2H3. The number of hydrogen-bond acceptors (Lipinski definition) is 5. The van der Waals surface area contributed by atoms with Crippen LogP contribution in [0.4, 0.5) is 0 Å². The van der Waals surface area contributed by atoms with Gasteiger partial charge in [-0.2, -0.15) is 0 Å². The van der Waals surface area contributed by atoms with Gasteiger partial charge in [0.25, 0.3) is 0 Å². The SMILES string of the molecule is CCOC(=O)C(C)(N)CCCN1CCS(=O)CC1. The summed E-state index contributed by atoms with van der Waals surface area (Å²) in [5.41, 5.74) is 5.05. The summed E-state index contributed by atoms with van der Waals surface area (Å²) in [5.74, 6) is 1.19. The molecule has 6 heteroatoms. The fraction of sp³-hybridized carbons (Fsp3) is 0.917. The smallest absolute Gasteiger partial charge is 0.325 e. The van der Waals surface area contributed by atoms with E-state index in [1.807, 2.05) is 0 Å². The van der Waals surface area contributed by atoms with Crippen LogP contribution in [0.15, 0.2) is 0 Å². The highest BCUT2D eigenvalue weighted by Crippen LogP contribution is 2.12. The summed E-state index contributed by atoms with van der Waals surface area (Å²) in [6.45, 7) is 6.53. The Morgan fingerprint density at radius 3 is 2.61 bits per heavy atom. The Kier molecular flexibility index (Phi) is 6.25. The van der Waals surface area contributed by atoms with Gasteiger partial charge in [0.1, 0.15) is 5.54 Å². The molecular formula is C12H24N2O3S. The normalized spacial score (nSPS) is 21.5. The number of hydrogen-bond donors (Lipinski definition) is 1. The molecule has 106 valence electrons. The molecule has 18 heavy (non-hydrogen) atoms. The number of esters is 1. The van der Waals surface area contributed by atoms with E-state index in [0.29, 0.717) is 13.0 Å². The van der Waals surface area contributed by atoms with Gasteiger partial charge in [-0.05, 0) is 33.2 Å². The topological polar surface area (TPSA) is 72.6 Å². The predicted molar refractivity (Wildman–Crippen MR) is 72.8 cm³/mol. The van der Waals surface area contributed by atoms with Gasteiger partial charge >= 0.3 is 5.97 Å². The maximum Gasteiger partial charge on any atom is 0.325 e. The van der Waals surface area contributed by atoms with E-state index in [0.717, 1.165) is 37.6 Å². The first kappa shape index (κ1) is 15.6. The highest BCUT2D eigenvalue weighted by atomic mass is 32.2. The Labute approximate surface area is 111 Å². The Hall–Kier alpha value is -0.460. The zero-order valence-electron chi connectivity index (χ0n) is 11.3. The largest absolute Gasteiger partial charge is 0.465 e. The van der Waals surface area contributed by atoms with Crippen LogP contribution in [-0.2, 0) is 20.3 Å². The third-order valence-electron chi connectivity index (χ3n) is 3.18. The molecule has 1 heterocycles. The van der Waals surface area contributed by atoms with Gasteiger partial charge in [0, 0.05) is 35.4 Å². The number of carbonyl (C=O) groups excluding carboxylic acids is 1. The van der Waals surface area contributed by atoms with Gasteiger partial charge in [0.05, 0.1) is 6.61 Å². The fourth-order valence-electron chi connectivity index (χ4n) is 1.97. The monoisotopic (exact) mass is 276 g/mol. The highest BCUT2D eigenvalue weighted by molar-refractivity contribution is 7.85. The zero-order chi connectivity index (χ0) is 13.6. The van der Waals surface area contributed by atoms with Crippen molar-refractivity contribution in [2.24, 2.45) is 5.73 Å². The first-order chi connectivity index (χ1) is 8.45. The molecule has 0 aromatic heterocycles. The van der Waals surface area contributed by atoms with Gasteiger partial charge in [-0.1, -0.05) is 0 Å². The first-order valence-corrected chi connectivity index (χ1v) is 7.98. The lowest BCUT2D eigenvalue weighted by atomic mass is 9.97. The summed E-state index contributed by atoms with van der Waals surface area (Å²) in [5, 5.41) is 0. The number of carbonyl (C=O) groups is 1. The highest BCUT2D eigenvalue weighted by Gasteiger charge is 2.29. The van der Waals surface area contributed by atoms with E-state index in [1.165, 1.54) is 0 Å². The van der Waals surface area contributed by atoms with E-state index in [1.54, 1.807) is 13.8 Å². The molecule has 1 saturated heterocycles. The third kappa shape index (κ3) is 5.04. The van der Waals surface area contributed by atoms with E-state index in [9.17, 15) is 9.00 Å². The number of rotatable bonds is 6. The Balaban J connectivity index is 2.24. The number of nitrogens with zero attached hydrogens (tertiary/aromatic N) is 1. The molecular weight excluding hydrogens is 252 g/mol. The van der Waals surface area contributed by atoms with Crippen LogP contribution in [-0.4, -0.2) is 58.4 Å². The van der Waals surface area contributed by atoms with E-state index < -0.39 is 16.3 Å². The van der Waals surface area contributed by atoms with Gasteiger partial charge < -0.3 is 15.4 Å². The van der Waals surface area contributed by atoms with Crippen LogP contribution in [0.2, 0.25) is 0 Å². The van der Waals surface area contributed by atoms with Crippen LogP contribution >= 0.6 is 0 Å². The van der Waals surface area contributed by atoms with Crippen molar-refractivity contribution < 1.29 is 13.7 Å². The summed E-state index contributed by atoms with van der Waals surface area (Å²) in [7, 11) is -0.634. The first-order valence-electron chi connectivity index (χ1n) is 6.49. The quantitative estimate of drug-likeness (QED) is 0.697. The van der Waals surface area contributed by atoms with Gasteiger partial charge in [0.2, 0.25) is 0 Å². The van der Waals surface area contributed by atoms with Gasteiger partial charge in [-0.3, -0.25) is 9.00 Å². The second-order valence-electron chi connectivity index (χ2n) is 4.93. The van der Waals surface area contributed by atoms with Crippen molar-refractivity contribution in [1.82, 2.24) is 4.90 Å². The van der Waals surface area contributed by atoms with E-state index in [2.05, 4.69) is 4.90 Å². The van der Waals surface area contributed by atoms with Crippen molar-refractivity contribution in [3.8, 4) is 0 Å². The van der Waals surface area contributed by atoms with Crippen LogP contribution in [0, 0.1) is 0 Å². The Bertz CT molecular complexity index is 298. The third-order valence-corrected chi connectivity index (χ3v) is 4.46. The molecule has 0 radical (unpaired) electrons. The lowest BCUT2D eigenvalue weighted by molar-refractivity contribution is -0.149. The van der Waals surface area contributed by atoms with Crippen molar-refractivity contribution in [1.29, 1.82) is 0 Å². The maximum absolute atomic E-state index is 11.6. The van der Waals surface area contributed by atoms with Crippen LogP contribution in [0.3, 0.4) is 0 Å². The minimum atomic E-state index is -0.894. The van der Waals surface area contributed by atoms with Crippen molar-refractivity contribution in [3.63, 3.8) is 0 Å². The molecule has 2 N–H and O–H groups in total. The molecule has 0 saturated carbocycles. The van der Waals surface area contributed by atoms with Crippen molar-refractivity contribution in [2.75, 3.05) is 37.7 Å². The molecule has 1 aliphatic rings. The van der Waals surface area contributed by atoms with Crippen molar-refractivity contribution in [2.45, 2.75) is 32.2 Å². The van der Waals surface area contributed by atoms with Gasteiger partial charge in [-0.25, -0.2) is 0 Å². The average Bonchev–Trinajstić information content (AvgIpc) is 2.32. The Morgan fingerprint density at radius 2 is 2.06 bits per heavy atom. The molecule has 1 atom stereocenters.